The minimum atomic E-state index is 0.932. The van der Waals surface area contributed by atoms with Crippen molar-refractivity contribution in [2.24, 2.45) is 0 Å². The predicted octanol–water partition coefficient (Wildman–Crippen LogP) is 3.61. The molecule has 2 nitrogen and oxygen atoms in total. The number of pyridine rings is 2. The van der Waals surface area contributed by atoms with Crippen molar-refractivity contribution in [1.82, 2.24) is 9.97 Å². The van der Waals surface area contributed by atoms with Gasteiger partial charge in [-0.1, -0.05) is 30.3 Å². The Morgan fingerprint density at radius 1 is 0.882 bits per heavy atom. The molecule has 0 saturated carbocycles. The topological polar surface area (TPSA) is 25.8 Å². The molecule has 0 saturated heterocycles. The first-order valence-corrected chi connectivity index (χ1v) is 5.62. The van der Waals surface area contributed by atoms with Gasteiger partial charge in [-0.15, -0.1) is 0 Å². The standard InChI is InChI=1S/C15H12N2/c1-11-5-4-8-14(17-11)15-13-7-3-2-6-12(13)9-10-16-15/h2-10H,1H3. The van der Waals surface area contributed by atoms with Crippen molar-refractivity contribution < 1.29 is 0 Å². The van der Waals surface area contributed by atoms with E-state index in [0.29, 0.717) is 0 Å². The summed E-state index contributed by atoms with van der Waals surface area (Å²) in [6.45, 7) is 1.99. The lowest BCUT2D eigenvalue weighted by Crippen LogP contribution is -1.90. The van der Waals surface area contributed by atoms with Crippen LogP contribution in [-0.4, -0.2) is 9.97 Å². The fourth-order valence-electron chi connectivity index (χ4n) is 2.00. The molecule has 3 aromatic rings. The van der Waals surface area contributed by atoms with E-state index in [-0.39, 0.29) is 0 Å². The van der Waals surface area contributed by atoms with E-state index < -0.39 is 0 Å². The minimum absolute atomic E-state index is 0.932. The molecule has 2 aromatic heterocycles. The number of fused-ring (bicyclic) bond motifs is 1. The number of benzene rings is 1. The van der Waals surface area contributed by atoms with E-state index in [2.05, 4.69) is 22.1 Å². The highest BCUT2D eigenvalue weighted by Crippen LogP contribution is 2.24. The van der Waals surface area contributed by atoms with Gasteiger partial charge in [-0.3, -0.25) is 9.97 Å². The summed E-state index contributed by atoms with van der Waals surface area (Å²) >= 11 is 0. The Balaban J connectivity index is 2.30. The second kappa shape index (κ2) is 3.98. The van der Waals surface area contributed by atoms with Crippen molar-refractivity contribution in [2.75, 3.05) is 0 Å². The molecule has 0 radical (unpaired) electrons. The largest absolute Gasteiger partial charge is 0.254 e. The van der Waals surface area contributed by atoms with Crippen LogP contribution in [0.5, 0.6) is 0 Å². The van der Waals surface area contributed by atoms with Gasteiger partial charge in [0.1, 0.15) is 0 Å². The number of nitrogens with zero attached hydrogens (tertiary/aromatic N) is 2. The summed E-state index contributed by atoms with van der Waals surface area (Å²) in [7, 11) is 0. The highest BCUT2D eigenvalue weighted by atomic mass is 14.8. The SMILES string of the molecule is Cc1cccc(-c2nccc3ccccc23)n1. The molecule has 0 N–H and O–H groups in total. The van der Waals surface area contributed by atoms with Gasteiger partial charge in [0.2, 0.25) is 0 Å². The van der Waals surface area contributed by atoms with Crippen LogP contribution in [0.1, 0.15) is 5.69 Å². The van der Waals surface area contributed by atoms with Gasteiger partial charge in [-0.05, 0) is 30.5 Å². The predicted molar refractivity (Wildman–Crippen MR) is 69.7 cm³/mol. The summed E-state index contributed by atoms with van der Waals surface area (Å²) in [5, 5.41) is 2.34. The molecule has 0 aliphatic carbocycles. The molecular weight excluding hydrogens is 208 g/mol. The zero-order chi connectivity index (χ0) is 11.7. The molecule has 2 heterocycles. The molecule has 0 aliphatic heterocycles. The fourth-order valence-corrected chi connectivity index (χ4v) is 2.00. The summed E-state index contributed by atoms with van der Waals surface area (Å²) in [6.07, 6.45) is 1.84. The molecule has 17 heavy (non-hydrogen) atoms. The first-order valence-electron chi connectivity index (χ1n) is 5.62. The summed E-state index contributed by atoms with van der Waals surface area (Å²) in [4.78, 5) is 8.99. The molecule has 0 fully saturated rings. The molecule has 0 atom stereocenters. The number of aryl methyl sites for hydroxylation is 1. The second-order valence-electron chi connectivity index (χ2n) is 4.04. The van der Waals surface area contributed by atoms with Gasteiger partial charge in [-0.25, -0.2) is 0 Å². The average molecular weight is 220 g/mol. The van der Waals surface area contributed by atoms with E-state index in [1.165, 1.54) is 5.39 Å². The normalized spacial score (nSPS) is 10.6. The van der Waals surface area contributed by atoms with E-state index >= 15 is 0 Å². The monoisotopic (exact) mass is 220 g/mol. The summed E-state index contributed by atoms with van der Waals surface area (Å²) in [6, 6.07) is 16.3. The van der Waals surface area contributed by atoms with Gasteiger partial charge in [0.25, 0.3) is 0 Å². The maximum absolute atomic E-state index is 4.53. The molecule has 3 rings (SSSR count). The summed E-state index contributed by atoms with van der Waals surface area (Å²) in [5.74, 6) is 0. The Labute approximate surface area is 100.0 Å². The Morgan fingerprint density at radius 3 is 2.65 bits per heavy atom. The molecular formula is C15H12N2. The highest BCUT2D eigenvalue weighted by molar-refractivity contribution is 5.93. The van der Waals surface area contributed by atoms with Crippen LogP contribution >= 0.6 is 0 Å². The number of rotatable bonds is 1. The van der Waals surface area contributed by atoms with Crippen LogP contribution in [0, 0.1) is 6.92 Å². The molecule has 0 spiro atoms. The summed E-state index contributed by atoms with van der Waals surface area (Å²) < 4.78 is 0. The lowest BCUT2D eigenvalue weighted by atomic mass is 10.1. The molecule has 0 aliphatic rings. The first kappa shape index (κ1) is 9.97. The number of aromatic nitrogens is 2. The van der Waals surface area contributed by atoms with E-state index in [4.69, 9.17) is 0 Å². The first-order chi connectivity index (χ1) is 8.34. The quantitative estimate of drug-likeness (QED) is 0.626. The van der Waals surface area contributed by atoms with Crippen LogP contribution in [0.4, 0.5) is 0 Å². The van der Waals surface area contributed by atoms with Crippen LogP contribution in [-0.2, 0) is 0 Å². The number of hydrogen-bond donors (Lipinski definition) is 0. The van der Waals surface area contributed by atoms with Crippen molar-refractivity contribution >= 4 is 10.8 Å². The maximum Gasteiger partial charge on any atom is 0.0964 e. The molecule has 1 aromatic carbocycles. The Morgan fingerprint density at radius 2 is 1.76 bits per heavy atom. The van der Waals surface area contributed by atoms with E-state index in [1.54, 1.807) is 0 Å². The Bertz CT molecular complexity index is 669. The zero-order valence-corrected chi connectivity index (χ0v) is 9.59. The van der Waals surface area contributed by atoms with Gasteiger partial charge in [0, 0.05) is 17.3 Å². The van der Waals surface area contributed by atoms with Gasteiger partial charge >= 0.3 is 0 Å². The third kappa shape index (κ3) is 1.78. The molecule has 82 valence electrons. The summed E-state index contributed by atoms with van der Waals surface area (Å²) in [5.41, 5.74) is 2.89. The van der Waals surface area contributed by atoms with E-state index in [0.717, 1.165) is 22.5 Å². The van der Waals surface area contributed by atoms with Gasteiger partial charge in [0.05, 0.1) is 11.4 Å². The average Bonchev–Trinajstić information content (AvgIpc) is 2.38. The molecule has 2 heteroatoms. The lowest BCUT2D eigenvalue weighted by Gasteiger charge is -2.05. The highest BCUT2D eigenvalue weighted by Gasteiger charge is 2.05. The zero-order valence-electron chi connectivity index (χ0n) is 9.59. The van der Waals surface area contributed by atoms with Crippen molar-refractivity contribution in [3.05, 3.63) is 60.4 Å². The molecule has 0 amide bonds. The van der Waals surface area contributed by atoms with Crippen molar-refractivity contribution in [3.63, 3.8) is 0 Å². The van der Waals surface area contributed by atoms with E-state index in [1.807, 2.05) is 49.5 Å². The third-order valence-electron chi connectivity index (χ3n) is 2.80. The van der Waals surface area contributed by atoms with Crippen LogP contribution in [0.3, 0.4) is 0 Å². The minimum Gasteiger partial charge on any atom is -0.254 e. The Kier molecular flexibility index (Phi) is 2.33. The van der Waals surface area contributed by atoms with Gasteiger partial charge in [-0.2, -0.15) is 0 Å². The third-order valence-corrected chi connectivity index (χ3v) is 2.80. The van der Waals surface area contributed by atoms with Crippen LogP contribution in [0.15, 0.2) is 54.7 Å². The fraction of sp³-hybridized carbons (Fsp3) is 0.0667. The van der Waals surface area contributed by atoms with Crippen LogP contribution in [0.25, 0.3) is 22.2 Å². The number of hydrogen-bond acceptors (Lipinski definition) is 2. The smallest absolute Gasteiger partial charge is 0.0964 e. The maximum atomic E-state index is 4.53. The van der Waals surface area contributed by atoms with Crippen molar-refractivity contribution in [2.45, 2.75) is 6.92 Å². The molecule has 0 unspecified atom stereocenters. The lowest BCUT2D eigenvalue weighted by molar-refractivity contribution is 1.18. The van der Waals surface area contributed by atoms with Gasteiger partial charge in [0.15, 0.2) is 0 Å². The van der Waals surface area contributed by atoms with Crippen molar-refractivity contribution in [1.29, 1.82) is 0 Å². The molecule has 0 bridgehead atoms. The van der Waals surface area contributed by atoms with Gasteiger partial charge < -0.3 is 0 Å². The van der Waals surface area contributed by atoms with Crippen molar-refractivity contribution in [3.8, 4) is 11.4 Å². The second-order valence-corrected chi connectivity index (χ2v) is 4.04. The van der Waals surface area contributed by atoms with Crippen LogP contribution < -0.4 is 0 Å². The Hall–Kier alpha value is -2.22. The van der Waals surface area contributed by atoms with E-state index in [9.17, 15) is 0 Å². The van der Waals surface area contributed by atoms with Crippen LogP contribution in [0.2, 0.25) is 0 Å².